The summed E-state index contributed by atoms with van der Waals surface area (Å²) in [5, 5.41) is 8.32. The molecule has 2 aliphatic heterocycles. The molecule has 0 bridgehead atoms. The largest absolute Gasteiger partial charge is 0.370 e. The fraction of sp³-hybridized carbons (Fsp3) is 0.319. The average Bonchev–Trinajstić information content (AvgIpc) is 3.74. The van der Waals surface area contributed by atoms with Gasteiger partial charge in [0.25, 0.3) is 5.88 Å². The van der Waals surface area contributed by atoms with Crippen LogP contribution >= 0.6 is 0 Å². The third kappa shape index (κ3) is 9.54. The molecule has 3 aliphatic rings. The number of rotatable bonds is 9. The smallest absolute Gasteiger partial charge is 0.253 e. The molecule has 1 aliphatic carbocycles. The molecule has 0 amide bonds. The second kappa shape index (κ2) is 18.1. The van der Waals surface area contributed by atoms with E-state index in [1.807, 2.05) is 91.0 Å². The quantitative estimate of drug-likeness (QED) is 0.109. The summed E-state index contributed by atoms with van der Waals surface area (Å²) in [4.78, 5) is 13.1. The van der Waals surface area contributed by atoms with Gasteiger partial charge in [-0.05, 0) is 85.8 Å². The highest BCUT2D eigenvalue weighted by Gasteiger charge is 2.49. The Kier molecular flexibility index (Phi) is 12.1. The maximum Gasteiger partial charge on any atom is 0.253 e. The normalized spacial score (nSPS) is 16.7. The van der Waals surface area contributed by atoms with Crippen molar-refractivity contribution in [2.75, 3.05) is 26.2 Å². The monoisotopic (exact) mass is 796 g/mol. The van der Waals surface area contributed by atoms with E-state index in [9.17, 15) is 8.78 Å². The van der Waals surface area contributed by atoms with Crippen LogP contribution in [0.3, 0.4) is 0 Å². The van der Waals surface area contributed by atoms with Gasteiger partial charge in [-0.15, -0.1) is 0 Å². The predicted molar refractivity (Wildman–Crippen MR) is 227 cm³/mol. The third-order valence-electron chi connectivity index (χ3n) is 11.4. The van der Waals surface area contributed by atoms with E-state index >= 15 is 0 Å². The molecule has 0 unspecified atom stereocenters. The Labute approximate surface area is 343 Å². The zero-order valence-corrected chi connectivity index (χ0v) is 33.2. The first-order chi connectivity index (χ1) is 28.8. The molecule has 4 aromatic carbocycles. The van der Waals surface area contributed by atoms with Crippen molar-refractivity contribution in [2.45, 2.75) is 69.7 Å². The highest BCUT2D eigenvalue weighted by Crippen LogP contribution is 2.54. The van der Waals surface area contributed by atoms with Crippen LogP contribution in [0.15, 0.2) is 128 Å². The number of hydrogen-bond acceptors (Lipinski definition) is 6. The first-order valence-electron chi connectivity index (χ1n) is 20.6. The van der Waals surface area contributed by atoms with Crippen molar-refractivity contribution >= 4 is 17.8 Å². The lowest BCUT2D eigenvalue weighted by atomic mass is 9.90. The Hall–Kier alpha value is -6.30. The summed E-state index contributed by atoms with van der Waals surface area (Å²) in [5.41, 5.74) is 18.1. The standard InChI is InChI=1S/C24H25FN4O.C23H25FN4O/c25-20-15-18(9-10-19(20)17-7-3-1-4-8-17)24(11-12-24)21-16-22(30-28-21)27-23(26)29-13-5-2-6-14-29;24-22-14-17(9-10-21(22)18-7-3-1-4-8-18)13-20-15-19(27-29-20)16-26-23(25)28-11-5-2-6-12-28/h1,3-4,7-10,15-16H,2,5-6,11-14H2,(H2,26,27);1,3-4,7-10,14-15H,2,5-6,11-13,16H2,(H2,25,26). The molecule has 0 atom stereocenters. The number of aliphatic imine (C=N–C) groups is 2. The molecule has 2 aromatic heterocycles. The van der Waals surface area contributed by atoms with Gasteiger partial charge in [0.1, 0.15) is 23.1 Å². The first-order valence-corrected chi connectivity index (χ1v) is 20.6. The zero-order chi connectivity index (χ0) is 40.6. The number of halogens is 2. The summed E-state index contributed by atoms with van der Waals surface area (Å²) in [6.07, 6.45) is 9.36. The van der Waals surface area contributed by atoms with Crippen LogP contribution in [-0.4, -0.2) is 58.2 Å². The molecule has 2 saturated heterocycles. The van der Waals surface area contributed by atoms with Crippen molar-refractivity contribution in [3.8, 4) is 22.3 Å². The van der Waals surface area contributed by atoms with Gasteiger partial charge < -0.3 is 30.3 Å². The highest BCUT2D eigenvalue weighted by molar-refractivity contribution is 5.80. The van der Waals surface area contributed by atoms with Crippen molar-refractivity contribution in [1.29, 1.82) is 0 Å². The Morgan fingerprint density at radius 2 is 1.24 bits per heavy atom. The number of guanidine groups is 2. The highest BCUT2D eigenvalue weighted by atomic mass is 19.1. The molecular weight excluding hydrogens is 747 g/mol. The average molecular weight is 797 g/mol. The molecule has 304 valence electrons. The molecule has 59 heavy (non-hydrogen) atoms. The van der Waals surface area contributed by atoms with Crippen molar-refractivity contribution in [2.24, 2.45) is 21.5 Å². The molecule has 10 nitrogen and oxygen atoms in total. The van der Waals surface area contributed by atoms with Gasteiger partial charge in [0.15, 0.2) is 11.9 Å². The van der Waals surface area contributed by atoms with Gasteiger partial charge in [0, 0.05) is 61.3 Å². The van der Waals surface area contributed by atoms with E-state index in [-0.39, 0.29) is 17.0 Å². The Balaban J connectivity index is 0.000000164. The van der Waals surface area contributed by atoms with E-state index in [0.717, 1.165) is 98.3 Å². The molecule has 4 N–H and O–H groups in total. The Morgan fingerprint density at radius 1 is 0.644 bits per heavy atom. The third-order valence-corrected chi connectivity index (χ3v) is 11.4. The SMILES string of the molecule is NC(=NCc1cc(Cc2ccc(-c3ccccc3)c(F)c2)on1)N1CCCCC1.NC(=Nc1cc(C2(c3ccc(-c4ccccc4)c(F)c3)CC2)no1)N1CCCCC1. The maximum atomic E-state index is 14.9. The summed E-state index contributed by atoms with van der Waals surface area (Å²) in [7, 11) is 0. The van der Waals surface area contributed by atoms with Crippen LogP contribution in [0.4, 0.5) is 14.7 Å². The molecule has 4 heterocycles. The van der Waals surface area contributed by atoms with Gasteiger partial charge in [-0.3, -0.25) is 0 Å². The topological polar surface area (TPSA) is 135 Å². The van der Waals surface area contributed by atoms with Crippen molar-refractivity contribution in [3.63, 3.8) is 0 Å². The summed E-state index contributed by atoms with van der Waals surface area (Å²) >= 11 is 0. The minimum Gasteiger partial charge on any atom is -0.370 e. The zero-order valence-electron chi connectivity index (χ0n) is 33.2. The number of piperidine rings is 2. The molecule has 9 rings (SSSR count). The lowest BCUT2D eigenvalue weighted by molar-refractivity contribution is 0.337. The van der Waals surface area contributed by atoms with Gasteiger partial charge in [0.05, 0.1) is 12.2 Å². The molecule has 12 heteroatoms. The van der Waals surface area contributed by atoms with E-state index in [2.05, 4.69) is 30.1 Å². The lowest BCUT2D eigenvalue weighted by Gasteiger charge is -2.27. The molecule has 6 aromatic rings. The summed E-state index contributed by atoms with van der Waals surface area (Å²) in [6, 6.07) is 33.6. The second-order valence-corrected chi connectivity index (χ2v) is 15.6. The number of likely N-dealkylation sites (tertiary alicyclic amines) is 2. The fourth-order valence-electron chi connectivity index (χ4n) is 7.95. The van der Waals surface area contributed by atoms with Crippen molar-refractivity contribution in [3.05, 3.63) is 149 Å². The number of nitrogens with two attached hydrogens (primary N) is 2. The van der Waals surface area contributed by atoms with Gasteiger partial charge in [-0.25, -0.2) is 13.8 Å². The maximum absolute atomic E-state index is 14.9. The van der Waals surface area contributed by atoms with Crippen molar-refractivity contribution < 1.29 is 17.8 Å². The van der Waals surface area contributed by atoms with Crippen molar-refractivity contribution in [1.82, 2.24) is 20.1 Å². The van der Waals surface area contributed by atoms with E-state index in [4.69, 9.17) is 20.5 Å². The van der Waals surface area contributed by atoms with E-state index in [0.29, 0.717) is 47.7 Å². The molecular formula is C47H50F2N8O2. The van der Waals surface area contributed by atoms with Crippen LogP contribution in [0.25, 0.3) is 22.3 Å². The van der Waals surface area contributed by atoms with Crippen LogP contribution in [0.5, 0.6) is 0 Å². The number of benzene rings is 4. The van der Waals surface area contributed by atoms with Gasteiger partial charge in [-0.2, -0.15) is 4.99 Å². The molecule has 3 fully saturated rings. The van der Waals surface area contributed by atoms with E-state index in [1.165, 1.54) is 12.8 Å². The van der Waals surface area contributed by atoms with Gasteiger partial charge in [0.2, 0.25) is 0 Å². The second-order valence-electron chi connectivity index (χ2n) is 15.6. The van der Waals surface area contributed by atoms with E-state index in [1.54, 1.807) is 18.2 Å². The van der Waals surface area contributed by atoms with Crippen LogP contribution in [0, 0.1) is 11.6 Å². The van der Waals surface area contributed by atoms with Crippen LogP contribution in [0.2, 0.25) is 0 Å². The number of aromatic nitrogens is 2. The van der Waals surface area contributed by atoms with Gasteiger partial charge in [-0.1, -0.05) is 95.2 Å². The first kappa shape index (κ1) is 39.5. The number of hydrogen-bond donors (Lipinski definition) is 2. The lowest BCUT2D eigenvalue weighted by Crippen LogP contribution is -2.40. The molecule has 0 spiro atoms. The fourth-order valence-corrected chi connectivity index (χ4v) is 7.95. The minimum atomic E-state index is -0.298. The number of nitrogens with zero attached hydrogens (tertiary/aromatic N) is 6. The molecule has 1 saturated carbocycles. The minimum absolute atomic E-state index is 0.221. The van der Waals surface area contributed by atoms with Crippen LogP contribution < -0.4 is 11.5 Å². The summed E-state index contributed by atoms with van der Waals surface area (Å²) in [5.74, 6) is 1.65. The Bertz CT molecular complexity index is 2380. The Morgan fingerprint density at radius 3 is 1.83 bits per heavy atom. The summed E-state index contributed by atoms with van der Waals surface area (Å²) in [6.45, 7) is 4.15. The predicted octanol–water partition coefficient (Wildman–Crippen LogP) is 9.36. The van der Waals surface area contributed by atoms with Gasteiger partial charge >= 0.3 is 0 Å². The van der Waals surface area contributed by atoms with Crippen LogP contribution in [0.1, 0.15) is 79.6 Å². The summed E-state index contributed by atoms with van der Waals surface area (Å²) < 4.78 is 40.3. The van der Waals surface area contributed by atoms with E-state index < -0.39 is 0 Å². The molecule has 0 radical (unpaired) electrons. The van der Waals surface area contributed by atoms with Crippen LogP contribution in [-0.2, 0) is 18.4 Å².